The van der Waals surface area contributed by atoms with Crippen LogP contribution in [0.3, 0.4) is 0 Å². The molecule has 0 aliphatic rings. The fourth-order valence-electron chi connectivity index (χ4n) is 1.53. The fourth-order valence-corrected chi connectivity index (χ4v) is 3.55. The summed E-state index contributed by atoms with van der Waals surface area (Å²) in [5.74, 6) is -1.20. The highest BCUT2D eigenvalue weighted by atomic mass is 32.2. The summed E-state index contributed by atoms with van der Waals surface area (Å²) in [6.07, 6.45) is 0. The summed E-state index contributed by atoms with van der Waals surface area (Å²) in [6.45, 7) is 1.68. The number of ether oxygens (including phenoxy) is 1. The summed E-state index contributed by atoms with van der Waals surface area (Å²) >= 11 is 1.06. The van der Waals surface area contributed by atoms with Crippen molar-refractivity contribution in [3.05, 3.63) is 28.8 Å². The van der Waals surface area contributed by atoms with Gasteiger partial charge in [0.15, 0.2) is 0 Å². The normalized spacial score (nSPS) is 11.1. The second kappa shape index (κ2) is 5.66. The van der Waals surface area contributed by atoms with Gasteiger partial charge in [-0.1, -0.05) is 11.3 Å². The SMILES string of the molecule is COc1ccc(C(=O)O)cc1S(=O)(=O)Nc1nnc(C)s1. The second-order valence-corrected chi connectivity index (χ2v) is 6.73. The van der Waals surface area contributed by atoms with E-state index in [9.17, 15) is 13.2 Å². The number of hydrogen-bond donors (Lipinski definition) is 2. The van der Waals surface area contributed by atoms with Crippen molar-refractivity contribution in [1.29, 1.82) is 0 Å². The number of nitrogens with one attached hydrogen (secondary N) is 1. The van der Waals surface area contributed by atoms with Crippen LogP contribution >= 0.6 is 11.3 Å². The number of rotatable bonds is 5. The van der Waals surface area contributed by atoms with Crippen LogP contribution < -0.4 is 9.46 Å². The molecule has 0 radical (unpaired) electrons. The molecule has 0 spiro atoms. The Kier molecular flexibility index (Phi) is 4.09. The van der Waals surface area contributed by atoms with Crippen LogP contribution in [-0.2, 0) is 10.0 Å². The number of methoxy groups -OCH3 is 1. The zero-order chi connectivity index (χ0) is 15.6. The Morgan fingerprint density at radius 2 is 2.10 bits per heavy atom. The zero-order valence-electron chi connectivity index (χ0n) is 11.0. The lowest BCUT2D eigenvalue weighted by Crippen LogP contribution is -2.15. The van der Waals surface area contributed by atoms with Crippen LogP contribution in [0.1, 0.15) is 15.4 Å². The summed E-state index contributed by atoms with van der Waals surface area (Å²) in [5.41, 5.74) is -0.162. The van der Waals surface area contributed by atoms with Gasteiger partial charge in [0.25, 0.3) is 10.0 Å². The highest BCUT2D eigenvalue weighted by Crippen LogP contribution is 2.27. The first-order valence-electron chi connectivity index (χ1n) is 5.58. The topological polar surface area (TPSA) is 118 Å². The number of hydrogen-bond acceptors (Lipinski definition) is 7. The van der Waals surface area contributed by atoms with Gasteiger partial charge < -0.3 is 9.84 Å². The lowest BCUT2D eigenvalue weighted by atomic mass is 10.2. The lowest BCUT2D eigenvalue weighted by Gasteiger charge is -2.10. The number of anilines is 1. The molecule has 0 saturated carbocycles. The summed E-state index contributed by atoms with van der Waals surface area (Å²) in [4.78, 5) is 10.7. The Hall–Kier alpha value is -2.20. The molecule has 0 fully saturated rings. The van der Waals surface area contributed by atoms with Crippen molar-refractivity contribution in [2.75, 3.05) is 11.8 Å². The first-order valence-corrected chi connectivity index (χ1v) is 7.87. The number of sulfonamides is 1. The molecule has 2 aromatic rings. The van der Waals surface area contributed by atoms with Gasteiger partial charge >= 0.3 is 5.97 Å². The maximum Gasteiger partial charge on any atom is 0.335 e. The molecule has 2 rings (SSSR count). The zero-order valence-corrected chi connectivity index (χ0v) is 12.7. The van der Waals surface area contributed by atoms with E-state index in [1.165, 1.54) is 19.2 Å². The van der Waals surface area contributed by atoms with E-state index in [1.807, 2.05) is 0 Å². The quantitative estimate of drug-likeness (QED) is 0.850. The van der Waals surface area contributed by atoms with Gasteiger partial charge in [0.05, 0.1) is 12.7 Å². The van der Waals surface area contributed by atoms with E-state index < -0.39 is 16.0 Å². The molecule has 0 unspecified atom stereocenters. The second-order valence-electron chi connectivity index (χ2n) is 3.90. The van der Waals surface area contributed by atoms with Gasteiger partial charge in [0, 0.05) is 0 Å². The predicted octanol–water partition coefficient (Wildman–Crippen LogP) is 1.35. The number of carbonyl (C=O) groups is 1. The Morgan fingerprint density at radius 3 is 2.62 bits per heavy atom. The molecule has 0 bridgehead atoms. The lowest BCUT2D eigenvalue weighted by molar-refractivity contribution is 0.0696. The van der Waals surface area contributed by atoms with Crippen LogP contribution in [0, 0.1) is 6.92 Å². The van der Waals surface area contributed by atoms with Crippen molar-refractivity contribution in [1.82, 2.24) is 10.2 Å². The Bertz CT molecular complexity index is 785. The summed E-state index contributed by atoms with van der Waals surface area (Å²) in [7, 11) is -2.73. The fraction of sp³-hybridized carbons (Fsp3) is 0.182. The van der Waals surface area contributed by atoms with Gasteiger partial charge in [-0.3, -0.25) is 4.72 Å². The average Bonchev–Trinajstić information content (AvgIpc) is 2.82. The first-order chi connectivity index (χ1) is 9.83. The van der Waals surface area contributed by atoms with Crippen molar-refractivity contribution >= 4 is 32.5 Å². The largest absolute Gasteiger partial charge is 0.495 e. The molecule has 0 aliphatic heterocycles. The highest BCUT2D eigenvalue weighted by Gasteiger charge is 2.23. The van der Waals surface area contributed by atoms with Crippen LogP contribution in [-0.4, -0.2) is 36.8 Å². The maximum absolute atomic E-state index is 12.3. The summed E-state index contributed by atoms with van der Waals surface area (Å²) in [6, 6.07) is 3.57. The molecule has 0 amide bonds. The molecule has 112 valence electrons. The molecule has 8 nitrogen and oxygen atoms in total. The number of aryl methyl sites for hydroxylation is 1. The molecule has 0 saturated heterocycles. The van der Waals surface area contributed by atoms with Crippen LogP contribution in [0.5, 0.6) is 5.75 Å². The van der Waals surface area contributed by atoms with E-state index in [4.69, 9.17) is 9.84 Å². The number of benzene rings is 1. The van der Waals surface area contributed by atoms with Crippen LogP contribution in [0.4, 0.5) is 5.13 Å². The van der Waals surface area contributed by atoms with Gasteiger partial charge in [0.1, 0.15) is 15.7 Å². The minimum absolute atomic E-state index is 0.0359. The molecule has 10 heteroatoms. The molecule has 2 N–H and O–H groups in total. The minimum Gasteiger partial charge on any atom is -0.495 e. The Balaban J connectivity index is 2.47. The van der Waals surface area contributed by atoms with Crippen molar-refractivity contribution in [3.8, 4) is 5.75 Å². The van der Waals surface area contributed by atoms with E-state index in [1.54, 1.807) is 6.92 Å². The van der Waals surface area contributed by atoms with Crippen molar-refractivity contribution < 1.29 is 23.1 Å². The van der Waals surface area contributed by atoms with E-state index in [-0.39, 0.29) is 21.3 Å². The molecule has 1 aromatic heterocycles. The number of aromatic carboxylic acids is 1. The maximum atomic E-state index is 12.3. The van der Waals surface area contributed by atoms with Gasteiger partial charge in [0.2, 0.25) is 5.13 Å². The van der Waals surface area contributed by atoms with Crippen molar-refractivity contribution in [3.63, 3.8) is 0 Å². The monoisotopic (exact) mass is 329 g/mol. The molecular weight excluding hydrogens is 318 g/mol. The third-order valence-electron chi connectivity index (χ3n) is 2.45. The van der Waals surface area contributed by atoms with Gasteiger partial charge in [-0.15, -0.1) is 10.2 Å². The van der Waals surface area contributed by atoms with Crippen molar-refractivity contribution in [2.45, 2.75) is 11.8 Å². The van der Waals surface area contributed by atoms with E-state index in [0.29, 0.717) is 5.01 Å². The highest BCUT2D eigenvalue weighted by molar-refractivity contribution is 7.93. The van der Waals surface area contributed by atoms with E-state index >= 15 is 0 Å². The number of carboxylic acids is 1. The average molecular weight is 329 g/mol. The summed E-state index contributed by atoms with van der Waals surface area (Å²) in [5, 5.41) is 17.0. The van der Waals surface area contributed by atoms with Crippen LogP contribution in [0.15, 0.2) is 23.1 Å². The van der Waals surface area contributed by atoms with Gasteiger partial charge in [-0.2, -0.15) is 0 Å². The van der Waals surface area contributed by atoms with Crippen molar-refractivity contribution in [2.24, 2.45) is 0 Å². The van der Waals surface area contributed by atoms with E-state index in [0.717, 1.165) is 17.4 Å². The standard InChI is InChI=1S/C11H11N3O5S2/c1-6-12-13-11(20-6)14-21(17,18)9-5-7(10(15)16)3-4-8(9)19-2/h3-5H,1-2H3,(H,13,14)(H,15,16). The molecule has 0 atom stereocenters. The minimum atomic E-state index is -4.03. The third-order valence-corrected chi connectivity index (χ3v) is 4.69. The first kappa shape index (κ1) is 15.2. The molecule has 1 aromatic carbocycles. The number of carboxylic acid groups (broad SMARTS) is 1. The molecule has 1 heterocycles. The Morgan fingerprint density at radius 1 is 1.38 bits per heavy atom. The van der Waals surface area contributed by atoms with Gasteiger partial charge in [-0.25, -0.2) is 13.2 Å². The van der Waals surface area contributed by atoms with Crippen LogP contribution in [0.2, 0.25) is 0 Å². The third kappa shape index (κ3) is 3.28. The van der Waals surface area contributed by atoms with Crippen LogP contribution in [0.25, 0.3) is 0 Å². The number of nitrogens with zero attached hydrogens (tertiary/aromatic N) is 2. The summed E-state index contributed by atoms with van der Waals surface area (Å²) < 4.78 is 31.8. The molecular formula is C11H11N3O5S2. The van der Waals surface area contributed by atoms with E-state index in [2.05, 4.69) is 14.9 Å². The molecule has 21 heavy (non-hydrogen) atoms. The Labute approximate surface area is 124 Å². The predicted molar refractivity (Wildman–Crippen MR) is 75.4 cm³/mol. The smallest absolute Gasteiger partial charge is 0.335 e. The number of aromatic nitrogens is 2. The molecule has 0 aliphatic carbocycles. The van der Waals surface area contributed by atoms with Gasteiger partial charge in [-0.05, 0) is 25.1 Å².